The van der Waals surface area contributed by atoms with Crippen molar-refractivity contribution < 1.29 is 10.2 Å². The van der Waals surface area contributed by atoms with Gasteiger partial charge in [-0.1, -0.05) is 88.8 Å². The molecule has 2 heteroatoms. The van der Waals surface area contributed by atoms with E-state index in [2.05, 4.69) is 13.8 Å². The Morgan fingerprint density at radius 3 is 1.40 bits per heavy atom. The summed E-state index contributed by atoms with van der Waals surface area (Å²) < 4.78 is 0. The molecular weight excluding hydrogens is 248 g/mol. The van der Waals surface area contributed by atoms with Crippen LogP contribution < -0.4 is 0 Å². The molecule has 20 heavy (non-hydrogen) atoms. The second-order valence-electron chi connectivity index (χ2n) is 5.28. The van der Waals surface area contributed by atoms with Crippen LogP contribution in [0.5, 0.6) is 0 Å². The van der Waals surface area contributed by atoms with E-state index in [1.807, 2.05) is 36.5 Å². The van der Waals surface area contributed by atoms with E-state index in [4.69, 9.17) is 0 Å². The standard InChI is InChI=1S/C18H32O2/c1-3-5-9-13-17(19)15-11-7-8-12-16-18(20)14-10-6-4-2/h7-8,11-12,15-20H,3-6,9-10,13-14H2,1-2H3/b8-7+,15-11+,16-12+. The van der Waals surface area contributed by atoms with Gasteiger partial charge in [-0.25, -0.2) is 0 Å². The quantitative estimate of drug-likeness (QED) is 0.407. The zero-order chi connectivity index (χ0) is 15.1. The second kappa shape index (κ2) is 14.5. The van der Waals surface area contributed by atoms with E-state index in [0.717, 1.165) is 25.7 Å². The lowest BCUT2D eigenvalue weighted by atomic mass is 10.1. The first-order valence-corrected chi connectivity index (χ1v) is 8.08. The minimum atomic E-state index is -0.338. The van der Waals surface area contributed by atoms with Gasteiger partial charge in [0.15, 0.2) is 0 Å². The van der Waals surface area contributed by atoms with Crippen molar-refractivity contribution >= 4 is 0 Å². The van der Waals surface area contributed by atoms with Crippen molar-refractivity contribution in [2.24, 2.45) is 0 Å². The first-order valence-electron chi connectivity index (χ1n) is 8.08. The van der Waals surface area contributed by atoms with Gasteiger partial charge in [-0.3, -0.25) is 0 Å². The van der Waals surface area contributed by atoms with E-state index in [1.54, 1.807) is 0 Å². The highest BCUT2D eigenvalue weighted by Crippen LogP contribution is 2.05. The van der Waals surface area contributed by atoms with E-state index in [-0.39, 0.29) is 12.2 Å². The summed E-state index contributed by atoms with van der Waals surface area (Å²) in [6.07, 6.45) is 19.0. The van der Waals surface area contributed by atoms with Gasteiger partial charge in [-0.15, -0.1) is 0 Å². The summed E-state index contributed by atoms with van der Waals surface area (Å²) in [5, 5.41) is 19.3. The Morgan fingerprint density at radius 2 is 1.05 bits per heavy atom. The molecule has 0 rings (SSSR count). The molecule has 0 saturated heterocycles. The zero-order valence-corrected chi connectivity index (χ0v) is 13.2. The smallest absolute Gasteiger partial charge is 0.0723 e. The lowest BCUT2D eigenvalue weighted by molar-refractivity contribution is 0.208. The molecule has 2 unspecified atom stereocenters. The third kappa shape index (κ3) is 13.6. The number of aliphatic hydroxyl groups is 2. The molecule has 0 amide bonds. The Labute approximate surface area is 124 Å². The van der Waals surface area contributed by atoms with Crippen LogP contribution in [0, 0.1) is 0 Å². The lowest BCUT2D eigenvalue weighted by Gasteiger charge is -2.03. The number of rotatable bonds is 12. The van der Waals surface area contributed by atoms with Gasteiger partial charge in [0.2, 0.25) is 0 Å². The van der Waals surface area contributed by atoms with Crippen molar-refractivity contribution in [3.8, 4) is 0 Å². The Morgan fingerprint density at radius 1 is 0.650 bits per heavy atom. The molecule has 0 aromatic heterocycles. The van der Waals surface area contributed by atoms with Crippen LogP contribution in [0.25, 0.3) is 0 Å². The molecule has 2 nitrogen and oxygen atoms in total. The molecule has 0 radical (unpaired) electrons. The van der Waals surface area contributed by atoms with Crippen LogP contribution in [0.2, 0.25) is 0 Å². The Hall–Kier alpha value is -0.860. The second-order valence-corrected chi connectivity index (χ2v) is 5.28. The SMILES string of the molecule is CCCCCC(O)/C=C/C=C/C=C/C(O)CCCCC. The first-order chi connectivity index (χ1) is 9.70. The summed E-state index contributed by atoms with van der Waals surface area (Å²) >= 11 is 0. The third-order valence-electron chi connectivity index (χ3n) is 3.21. The molecule has 0 aromatic carbocycles. The molecular formula is C18H32O2. The van der Waals surface area contributed by atoms with Crippen LogP contribution in [0.15, 0.2) is 36.5 Å². The molecule has 0 spiro atoms. The monoisotopic (exact) mass is 280 g/mol. The van der Waals surface area contributed by atoms with E-state index in [1.165, 1.54) is 25.7 Å². The van der Waals surface area contributed by atoms with Crippen molar-refractivity contribution in [2.75, 3.05) is 0 Å². The lowest BCUT2D eigenvalue weighted by Crippen LogP contribution is -2.01. The Kier molecular flexibility index (Phi) is 13.9. The van der Waals surface area contributed by atoms with Gasteiger partial charge in [-0.05, 0) is 12.8 Å². The average molecular weight is 280 g/mol. The van der Waals surface area contributed by atoms with Gasteiger partial charge in [0.25, 0.3) is 0 Å². The Balaban J connectivity index is 3.72. The van der Waals surface area contributed by atoms with Crippen LogP contribution in [-0.4, -0.2) is 22.4 Å². The fourth-order valence-corrected chi connectivity index (χ4v) is 1.91. The summed E-state index contributed by atoms with van der Waals surface area (Å²) in [7, 11) is 0. The molecule has 0 aliphatic heterocycles. The van der Waals surface area contributed by atoms with Crippen molar-refractivity contribution in [3.63, 3.8) is 0 Å². The van der Waals surface area contributed by atoms with Crippen LogP contribution in [-0.2, 0) is 0 Å². The number of hydrogen-bond donors (Lipinski definition) is 2. The molecule has 2 atom stereocenters. The maximum Gasteiger partial charge on any atom is 0.0723 e. The molecule has 0 bridgehead atoms. The molecule has 0 fully saturated rings. The van der Waals surface area contributed by atoms with Crippen molar-refractivity contribution in [3.05, 3.63) is 36.5 Å². The van der Waals surface area contributed by atoms with Gasteiger partial charge in [0.1, 0.15) is 0 Å². The minimum absolute atomic E-state index is 0.338. The first kappa shape index (κ1) is 19.1. The fraction of sp³-hybridized carbons (Fsp3) is 0.667. The van der Waals surface area contributed by atoms with Crippen molar-refractivity contribution in [2.45, 2.75) is 77.4 Å². The minimum Gasteiger partial charge on any atom is -0.389 e. The number of unbranched alkanes of at least 4 members (excludes halogenated alkanes) is 4. The summed E-state index contributed by atoms with van der Waals surface area (Å²) in [4.78, 5) is 0. The predicted octanol–water partition coefficient (Wildman–Crippen LogP) is 4.54. The zero-order valence-electron chi connectivity index (χ0n) is 13.2. The summed E-state index contributed by atoms with van der Waals surface area (Å²) in [5.74, 6) is 0. The maximum atomic E-state index is 9.66. The number of hydrogen-bond acceptors (Lipinski definition) is 2. The van der Waals surface area contributed by atoms with Crippen LogP contribution in [0.4, 0.5) is 0 Å². The van der Waals surface area contributed by atoms with Crippen molar-refractivity contribution in [1.82, 2.24) is 0 Å². The summed E-state index contributed by atoms with van der Waals surface area (Å²) in [5.41, 5.74) is 0. The van der Waals surface area contributed by atoms with Gasteiger partial charge in [-0.2, -0.15) is 0 Å². The summed E-state index contributed by atoms with van der Waals surface area (Å²) in [6, 6.07) is 0. The normalized spacial score (nSPS) is 15.6. The predicted molar refractivity (Wildman–Crippen MR) is 87.7 cm³/mol. The molecule has 0 aliphatic rings. The highest BCUT2D eigenvalue weighted by molar-refractivity contribution is 5.13. The Bertz CT molecular complexity index is 251. The average Bonchev–Trinajstić information content (AvgIpc) is 2.43. The topological polar surface area (TPSA) is 40.5 Å². The maximum absolute atomic E-state index is 9.66. The van der Waals surface area contributed by atoms with Crippen LogP contribution in [0.3, 0.4) is 0 Å². The molecule has 116 valence electrons. The molecule has 2 N–H and O–H groups in total. The molecule has 0 saturated carbocycles. The fourth-order valence-electron chi connectivity index (χ4n) is 1.91. The van der Waals surface area contributed by atoms with Crippen LogP contribution in [0.1, 0.15) is 65.2 Å². The van der Waals surface area contributed by atoms with Crippen LogP contribution >= 0.6 is 0 Å². The van der Waals surface area contributed by atoms with E-state index < -0.39 is 0 Å². The van der Waals surface area contributed by atoms with Gasteiger partial charge >= 0.3 is 0 Å². The van der Waals surface area contributed by atoms with Crippen molar-refractivity contribution in [1.29, 1.82) is 0 Å². The third-order valence-corrected chi connectivity index (χ3v) is 3.21. The summed E-state index contributed by atoms with van der Waals surface area (Å²) in [6.45, 7) is 4.32. The highest BCUT2D eigenvalue weighted by atomic mass is 16.3. The molecule has 0 aromatic rings. The molecule has 0 heterocycles. The highest BCUT2D eigenvalue weighted by Gasteiger charge is 1.97. The largest absolute Gasteiger partial charge is 0.389 e. The number of allylic oxidation sites excluding steroid dienone is 4. The van der Waals surface area contributed by atoms with Gasteiger partial charge in [0, 0.05) is 0 Å². The van der Waals surface area contributed by atoms with E-state index in [9.17, 15) is 10.2 Å². The number of aliphatic hydroxyl groups excluding tert-OH is 2. The van der Waals surface area contributed by atoms with Gasteiger partial charge < -0.3 is 10.2 Å². The van der Waals surface area contributed by atoms with E-state index in [0.29, 0.717) is 0 Å². The van der Waals surface area contributed by atoms with Gasteiger partial charge in [0.05, 0.1) is 12.2 Å². The molecule has 0 aliphatic carbocycles. The van der Waals surface area contributed by atoms with E-state index >= 15 is 0 Å².